The van der Waals surface area contributed by atoms with E-state index in [9.17, 15) is 0 Å². The van der Waals surface area contributed by atoms with Crippen LogP contribution in [0.2, 0.25) is 0 Å². The lowest BCUT2D eigenvalue weighted by molar-refractivity contribution is 0.488. The zero-order valence-corrected chi connectivity index (χ0v) is 12.3. The molecule has 0 atom stereocenters. The van der Waals surface area contributed by atoms with Crippen molar-refractivity contribution in [3.63, 3.8) is 0 Å². The molecule has 0 aromatic heterocycles. The first-order valence-corrected chi connectivity index (χ1v) is 6.56. The van der Waals surface area contributed by atoms with Crippen LogP contribution in [0.4, 0.5) is 5.69 Å². The van der Waals surface area contributed by atoms with E-state index in [2.05, 4.69) is 76.9 Å². The van der Waals surface area contributed by atoms with Gasteiger partial charge in [-0.1, -0.05) is 57.5 Å². The standard InChI is InChI=1S/C17H25N/c1-7-15(17(4,5)6)12-14(3)18-16-10-8-13(2)9-11-16/h8-12,18H,3,7H2,1-2,4-6H3/b15-12+. The molecule has 0 saturated heterocycles. The normalized spacial score (nSPS) is 12.4. The minimum absolute atomic E-state index is 0.201. The van der Waals surface area contributed by atoms with Crippen molar-refractivity contribution in [3.05, 3.63) is 53.8 Å². The van der Waals surface area contributed by atoms with Gasteiger partial charge >= 0.3 is 0 Å². The Morgan fingerprint density at radius 1 is 1.22 bits per heavy atom. The quantitative estimate of drug-likeness (QED) is 0.707. The molecule has 18 heavy (non-hydrogen) atoms. The molecule has 1 heteroatoms. The molecule has 0 amide bonds. The molecule has 1 rings (SSSR count). The fourth-order valence-corrected chi connectivity index (χ4v) is 1.92. The van der Waals surface area contributed by atoms with Crippen molar-refractivity contribution in [1.29, 1.82) is 0 Å². The van der Waals surface area contributed by atoms with Crippen LogP contribution in [0, 0.1) is 12.3 Å². The van der Waals surface area contributed by atoms with Gasteiger partial charge in [0, 0.05) is 11.4 Å². The second-order valence-electron chi connectivity index (χ2n) is 5.79. The van der Waals surface area contributed by atoms with Crippen LogP contribution in [0.5, 0.6) is 0 Å². The molecule has 0 fully saturated rings. The molecule has 0 spiro atoms. The Balaban J connectivity index is 2.77. The van der Waals surface area contributed by atoms with Gasteiger partial charge in [-0.15, -0.1) is 0 Å². The van der Waals surface area contributed by atoms with Crippen LogP contribution in [0.1, 0.15) is 39.7 Å². The fourth-order valence-electron chi connectivity index (χ4n) is 1.92. The molecule has 0 aliphatic carbocycles. The van der Waals surface area contributed by atoms with Gasteiger partial charge in [0.05, 0.1) is 0 Å². The summed E-state index contributed by atoms with van der Waals surface area (Å²) < 4.78 is 0. The van der Waals surface area contributed by atoms with Crippen LogP contribution in [-0.2, 0) is 0 Å². The Morgan fingerprint density at radius 2 is 1.78 bits per heavy atom. The highest BCUT2D eigenvalue weighted by molar-refractivity contribution is 5.51. The van der Waals surface area contributed by atoms with Crippen molar-refractivity contribution < 1.29 is 0 Å². The zero-order chi connectivity index (χ0) is 13.8. The summed E-state index contributed by atoms with van der Waals surface area (Å²) in [5.41, 5.74) is 4.92. The van der Waals surface area contributed by atoms with Crippen LogP contribution < -0.4 is 5.32 Å². The van der Waals surface area contributed by atoms with Gasteiger partial charge in [-0.3, -0.25) is 0 Å². The second kappa shape index (κ2) is 5.90. The van der Waals surface area contributed by atoms with Gasteiger partial charge in [-0.25, -0.2) is 0 Å². The topological polar surface area (TPSA) is 12.0 Å². The van der Waals surface area contributed by atoms with Crippen molar-refractivity contribution >= 4 is 5.69 Å². The first kappa shape index (κ1) is 14.6. The molecule has 98 valence electrons. The van der Waals surface area contributed by atoms with Gasteiger partial charge in [0.1, 0.15) is 0 Å². The third kappa shape index (κ3) is 4.40. The maximum Gasteiger partial charge on any atom is 0.0384 e. The third-order valence-corrected chi connectivity index (χ3v) is 3.05. The number of nitrogens with one attached hydrogen (secondary N) is 1. The summed E-state index contributed by atoms with van der Waals surface area (Å²) in [6.45, 7) is 15.1. The average molecular weight is 243 g/mol. The monoisotopic (exact) mass is 243 g/mol. The maximum atomic E-state index is 4.09. The summed E-state index contributed by atoms with van der Waals surface area (Å²) in [7, 11) is 0. The van der Waals surface area contributed by atoms with E-state index in [1.54, 1.807) is 0 Å². The van der Waals surface area contributed by atoms with Crippen molar-refractivity contribution in [2.75, 3.05) is 5.32 Å². The predicted octanol–water partition coefficient (Wildman–Crippen LogP) is 5.30. The first-order valence-electron chi connectivity index (χ1n) is 6.56. The van der Waals surface area contributed by atoms with Gasteiger partial charge in [-0.2, -0.15) is 0 Å². The smallest absolute Gasteiger partial charge is 0.0384 e. The van der Waals surface area contributed by atoms with Gasteiger partial charge in [0.25, 0.3) is 0 Å². The second-order valence-corrected chi connectivity index (χ2v) is 5.79. The molecular weight excluding hydrogens is 218 g/mol. The van der Waals surface area contributed by atoms with Gasteiger partial charge in [0.15, 0.2) is 0 Å². The molecule has 0 aliphatic rings. The van der Waals surface area contributed by atoms with E-state index in [0.717, 1.165) is 17.8 Å². The van der Waals surface area contributed by atoms with E-state index in [4.69, 9.17) is 0 Å². The van der Waals surface area contributed by atoms with E-state index < -0.39 is 0 Å². The van der Waals surface area contributed by atoms with Gasteiger partial charge in [-0.05, 0) is 37.0 Å². The highest BCUT2D eigenvalue weighted by Gasteiger charge is 2.15. The lowest BCUT2D eigenvalue weighted by atomic mass is 9.84. The summed E-state index contributed by atoms with van der Waals surface area (Å²) in [6, 6.07) is 8.36. The molecule has 1 N–H and O–H groups in total. The Bertz CT molecular complexity index is 430. The van der Waals surface area contributed by atoms with Crippen LogP contribution in [0.25, 0.3) is 0 Å². The molecule has 1 aromatic rings. The van der Waals surface area contributed by atoms with Crippen molar-refractivity contribution in [1.82, 2.24) is 0 Å². The Morgan fingerprint density at radius 3 is 2.22 bits per heavy atom. The third-order valence-electron chi connectivity index (χ3n) is 3.05. The van der Waals surface area contributed by atoms with E-state index in [1.807, 2.05) is 0 Å². The van der Waals surface area contributed by atoms with Crippen LogP contribution in [0.15, 0.2) is 48.2 Å². The summed E-state index contributed by atoms with van der Waals surface area (Å²) in [5.74, 6) is 0. The molecule has 1 nitrogen and oxygen atoms in total. The lowest BCUT2D eigenvalue weighted by Gasteiger charge is -2.22. The van der Waals surface area contributed by atoms with Crippen LogP contribution in [0.3, 0.4) is 0 Å². The van der Waals surface area contributed by atoms with E-state index >= 15 is 0 Å². The minimum atomic E-state index is 0.201. The summed E-state index contributed by atoms with van der Waals surface area (Å²) in [6.07, 6.45) is 3.22. The van der Waals surface area contributed by atoms with Crippen LogP contribution in [-0.4, -0.2) is 0 Å². The Labute approximate surface area is 112 Å². The number of hydrogen-bond acceptors (Lipinski definition) is 1. The fraction of sp³-hybridized carbons (Fsp3) is 0.412. The van der Waals surface area contributed by atoms with Crippen molar-refractivity contribution in [3.8, 4) is 0 Å². The largest absolute Gasteiger partial charge is 0.356 e. The minimum Gasteiger partial charge on any atom is -0.356 e. The number of rotatable bonds is 4. The Kier molecular flexibility index (Phi) is 4.77. The number of benzene rings is 1. The van der Waals surface area contributed by atoms with Crippen LogP contribution >= 0.6 is 0 Å². The average Bonchev–Trinajstić information content (AvgIpc) is 2.27. The van der Waals surface area contributed by atoms with Crippen molar-refractivity contribution in [2.45, 2.75) is 41.0 Å². The molecule has 0 saturated carbocycles. The van der Waals surface area contributed by atoms with Gasteiger partial charge in [0.2, 0.25) is 0 Å². The van der Waals surface area contributed by atoms with E-state index in [-0.39, 0.29) is 5.41 Å². The SMILES string of the molecule is C=C(/C=C(\CC)C(C)(C)C)Nc1ccc(C)cc1. The molecule has 0 aliphatic heterocycles. The predicted molar refractivity (Wildman–Crippen MR) is 81.8 cm³/mol. The number of hydrogen-bond donors (Lipinski definition) is 1. The Hall–Kier alpha value is -1.50. The highest BCUT2D eigenvalue weighted by atomic mass is 14.9. The molecule has 0 bridgehead atoms. The molecular formula is C17H25N. The van der Waals surface area contributed by atoms with E-state index in [1.165, 1.54) is 11.1 Å². The molecule has 0 radical (unpaired) electrons. The van der Waals surface area contributed by atoms with E-state index in [0.29, 0.717) is 0 Å². The van der Waals surface area contributed by atoms with Crippen molar-refractivity contribution in [2.24, 2.45) is 5.41 Å². The lowest BCUT2D eigenvalue weighted by Crippen LogP contribution is -2.10. The maximum absolute atomic E-state index is 4.09. The molecule has 1 aromatic carbocycles. The highest BCUT2D eigenvalue weighted by Crippen LogP contribution is 2.28. The van der Waals surface area contributed by atoms with Gasteiger partial charge < -0.3 is 5.32 Å². The summed E-state index contributed by atoms with van der Waals surface area (Å²) >= 11 is 0. The number of aryl methyl sites for hydroxylation is 1. The number of anilines is 1. The number of allylic oxidation sites excluding steroid dienone is 2. The molecule has 0 heterocycles. The summed E-state index contributed by atoms with van der Waals surface area (Å²) in [4.78, 5) is 0. The summed E-state index contributed by atoms with van der Waals surface area (Å²) in [5, 5.41) is 3.34. The zero-order valence-electron chi connectivity index (χ0n) is 12.3. The first-order chi connectivity index (χ1) is 8.32. The molecule has 0 unspecified atom stereocenters.